The van der Waals surface area contributed by atoms with Crippen molar-refractivity contribution in [2.45, 2.75) is 19.9 Å². The molecule has 1 heterocycles. The van der Waals surface area contributed by atoms with Crippen LogP contribution in [0, 0.1) is 0 Å². The van der Waals surface area contributed by atoms with E-state index in [0.29, 0.717) is 19.8 Å². The summed E-state index contributed by atoms with van der Waals surface area (Å²) in [6.45, 7) is 4.25. The van der Waals surface area contributed by atoms with E-state index in [1.54, 1.807) is 6.92 Å². The maximum absolute atomic E-state index is 12.0. The van der Waals surface area contributed by atoms with E-state index in [-0.39, 0.29) is 24.1 Å². The van der Waals surface area contributed by atoms with E-state index in [0.717, 1.165) is 0 Å². The molecule has 1 unspecified atom stereocenters. The first kappa shape index (κ1) is 15.8. The molecule has 1 aliphatic rings. The molecule has 0 aromatic carbocycles. The van der Waals surface area contributed by atoms with Crippen LogP contribution in [-0.4, -0.2) is 65.0 Å². The van der Waals surface area contributed by atoms with Crippen LogP contribution >= 0.6 is 0 Å². The Morgan fingerprint density at radius 3 is 2.56 bits per heavy atom. The summed E-state index contributed by atoms with van der Waals surface area (Å²) in [7, 11) is -6.78. The van der Waals surface area contributed by atoms with E-state index < -0.39 is 20.0 Å². The smallest absolute Gasteiger partial charge is 0.215 e. The SMILES string of the molecule is CCS(=O)(=O)NCCS(=O)(=O)N1CCOCC1C. The molecule has 1 fully saturated rings. The molecular formula is C9H20N2O5S2. The maximum atomic E-state index is 12.0. The van der Waals surface area contributed by atoms with Crippen LogP contribution in [-0.2, 0) is 24.8 Å². The zero-order valence-corrected chi connectivity index (χ0v) is 12.3. The van der Waals surface area contributed by atoms with Crippen molar-refractivity contribution in [3.8, 4) is 0 Å². The Hall–Kier alpha value is -0.220. The Balaban J connectivity index is 2.54. The van der Waals surface area contributed by atoms with Crippen molar-refractivity contribution >= 4 is 20.0 Å². The van der Waals surface area contributed by atoms with Gasteiger partial charge in [-0.2, -0.15) is 4.31 Å². The molecule has 0 aromatic rings. The standard InChI is InChI=1S/C9H20N2O5S2/c1-3-17(12,13)10-4-7-18(14,15)11-5-6-16-8-9(11)2/h9-10H,3-8H2,1-2H3. The van der Waals surface area contributed by atoms with Gasteiger partial charge in [-0.3, -0.25) is 0 Å². The second-order valence-corrected chi connectivity index (χ2v) is 8.29. The number of morpholine rings is 1. The maximum Gasteiger partial charge on any atom is 0.215 e. The first-order valence-electron chi connectivity index (χ1n) is 5.83. The summed E-state index contributed by atoms with van der Waals surface area (Å²) in [4.78, 5) is 0. The predicted octanol–water partition coefficient (Wildman–Crippen LogP) is -1.02. The Morgan fingerprint density at radius 2 is 2.00 bits per heavy atom. The van der Waals surface area contributed by atoms with Gasteiger partial charge in [0.15, 0.2) is 0 Å². The number of nitrogens with one attached hydrogen (secondary N) is 1. The van der Waals surface area contributed by atoms with Crippen molar-refractivity contribution in [3.63, 3.8) is 0 Å². The number of ether oxygens (including phenoxy) is 1. The summed E-state index contributed by atoms with van der Waals surface area (Å²) in [5.74, 6) is -0.280. The number of nitrogens with zero attached hydrogens (tertiary/aromatic N) is 1. The van der Waals surface area contributed by atoms with Gasteiger partial charge in [0.1, 0.15) is 0 Å². The van der Waals surface area contributed by atoms with E-state index in [2.05, 4.69) is 4.72 Å². The monoisotopic (exact) mass is 300 g/mol. The molecule has 108 valence electrons. The molecule has 9 heteroatoms. The minimum Gasteiger partial charge on any atom is -0.378 e. The average molecular weight is 300 g/mol. The number of hydrogen-bond donors (Lipinski definition) is 1. The Bertz CT molecular complexity index is 459. The third-order valence-corrected chi connectivity index (χ3v) is 6.11. The van der Waals surface area contributed by atoms with Crippen LogP contribution in [0.5, 0.6) is 0 Å². The minimum absolute atomic E-state index is 0.0546. The Labute approximate surface area is 109 Å². The predicted molar refractivity (Wildman–Crippen MR) is 68.2 cm³/mol. The first-order chi connectivity index (χ1) is 8.28. The summed E-state index contributed by atoms with van der Waals surface area (Å²) in [5, 5.41) is 0. The molecule has 18 heavy (non-hydrogen) atoms. The number of rotatable bonds is 6. The van der Waals surface area contributed by atoms with E-state index in [9.17, 15) is 16.8 Å². The fourth-order valence-corrected chi connectivity index (χ4v) is 3.97. The summed E-state index contributed by atoms with van der Waals surface area (Å²) in [6, 6.07) is -0.202. The molecule has 1 N–H and O–H groups in total. The zero-order chi connectivity index (χ0) is 13.8. The Morgan fingerprint density at radius 1 is 1.33 bits per heavy atom. The lowest BCUT2D eigenvalue weighted by Gasteiger charge is -2.32. The molecule has 1 aliphatic heterocycles. The molecule has 1 saturated heterocycles. The molecule has 0 amide bonds. The Kier molecular flexibility index (Phi) is 5.53. The van der Waals surface area contributed by atoms with Crippen LogP contribution in [0.25, 0.3) is 0 Å². The van der Waals surface area contributed by atoms with Gasteiger partial charge in [-0.25, -0.2) is 21.6 Å². The summed E-state index contributed by atoms with van der Waals surface area (Å²) >= 11 is 0. The quantitative estimate of drug-likeness (QED) is 0.677. The van der Waals surface area contributed by atoms with Gasteiger partial charge < -0.3 is 4.74 Å². The van der Waals surface area contributed by atoms with E-state index in [1.165, 1.54) is 11.2 Å². The summed E-state index contributed by atoms with van der Waals surface area (Å²) < 4.78 is 55.2. The normalized spacial score (nSPS) is 23.1. The highest BCUT2D eigenvalue weighted by molar-refractivity contribution is 7.90. The van der Waals surface area contributed by atoms with Crippen LogP contribution in [0.1, 0.15) is 13.8 Å². The van der Waals surface area contributed by atoms with E-state index in [4.69, 9.17) is 4.74 Å². The van der Waals surface area contributed by atoms with Crippen molar-refractivity contribution < 1.29 is 21.6 Å². The second-order valence-electron chi connectivity index (χ2n) is 4.15. The number of sulfonamides is 2. The highest BCUT2D eigenvalue weighted by Gasteiger charge is 2.29. The topological polar surface area (TPSA) is 92.8 Å². The van der Waals surface area contributed by atoms with Gasteiger partial charge in [0.25, 0.3) is 0 Å². The van der Waals surface area contributed by atoms with Gasteiger partial charge >= 0.3 is 0 Å². The van der Waals surface area contributed by atoms with Crippen LogP contribution in [0.3, 0.4) is 0 Å². The van der Waals surface area contributed by atoms with E-state index >= 15 is 0 Å². The minimum atomic E-state index is -3.44. The molecule has 0 spiro atoms. The van der Waals surface area contributed by atoms with E-state index in [1.807, 2.05) is 0 Å². The molecule has 7 nitrogen and oxygen atoms in total. The lowest BCUT2D eigenvalue weighted by atomic mass is 10.3. The lowest BCUT2D eigenvalue weighted by molar-refractivity contribution is 0.0393. The van der Waals surface area contributed by atoms with Gasteiger partial charge in [-0.15, -0.1) is 0 Å². The molecule has 0 aliphatic carbocycles. The fourth-order valence-electron chi connectivity index (χ4n) is 1.67. The van der Waals surface area contributed by atoms with Crippen molar-refractivity contribution in [2.24, 2.45) is 0 Å². The van der Waals surface area contributed by atoms with Gasteiger partial charge in [-0.1, -0.05) is 0 Å². The van der Waals surface area contributed by atoms with Crippen LogP contribution in [0.4, 0.5) is 0 Å². The fraction of sp³-hybridized carbons (Fsp3) is 1.00. The van der Waals surface area contributed by atoms with Crippen LogP contribution < -0.4 is 4.72 Å². The lowest BCUT2D eigenvalue weighted by Crippen LogP contribution is -2.49. The third kappa shape index (κ3) is 4.47. The largest absolute Gasteiger partial charge is 0.378 e. The van der Waals surface area contributed by atoms with Gasteiger partial charge in [0.2, 0.25) is 20.0 Å². The molecule has 1 rings (SSSR count). The molecule has 0 radical (unpaired) electrons. The summed E-state index contributed by atoms with van der Waals surface area (Å²) in [5.41, 5.74) is 0. The average Bonchev–Trinajstić information content (AvgIpc) is 2.29. The van der Waals surface area contributed by atoms with Crippen molar-refractivity contribution in [1.82, 2.24) is 9.03 Å². The van der Waals surface area contributed by atoms with Crippen LogP contribution in [0.2, 0.25) is 0 Å². The molecule has 0 saturated carbocycles. The van der Waals surface area contributed by atoms with Gasteiger partial charge in [0.05, 0.1) is 24.7 Å². The highest BCUT2D eigenvalue weighted by Crippen LogP contribution is 2.12. The van der Waals surface area contributed by atoms with Crippen molar-refractivity contribution in [2.75, 3.05) is 37.8 Å². The highest BCUT2D eigenvalue weighted by atomic mass is 32.2. The second kappa shape index (κ2) is 6.29. The van der Waals surface area contributed by atoms with Crippen molar-refractivity contribution in [3.05, 3.63) is 0 Å². The first-order valence-corrected chi connectivity index (χ1v) is 9.09. The zero-order valence-electron chi connectivity index (χ0n) is 10.6. The van der Waals surface area contributed by atoms with Crippen molar-refractivity contribution in [1.29, 1.82) is 0 Å². The van der Waals surface area contributed by atoms with Crippen LogP contribution in [0.15, 0.2) is 0 Å². The summed E-state index contributed by atoms with van der Waals surface area (Å²) in [6.07, 6.45) is 0. The molecular weight excluding hydrogens is 280 g/mol. The van der Waals surface area contributed by atoms with Gasteiger partial charge in [0, 0.05) is 19.1 Å². The third-order valence-electron chi connectivity index (χ3n) is 2.73. The number of hydrogen-bond acceptors (Lipinski definition) is 5. The van der Waals surface area contributed by atoms with Gasteiger partial charge in [-0.05, 0) is 13.8 Å². The molecule has 0 aromatic heterocycles. The molecule has 1 atom stereocenters. The molecule has 0 bridgehead atoms.